The molecule has 1 aromatic carbocycles. The number of benzene rings is 1. The largest absolute Gasteiger partial charge is 0.389 e. The Morgan fingerprint density at radius 3 is 2.48 bits per heavy atom. The van der Waals surface area contributed by atoms with Crippen molar-refractivity contribution < 1.29 is 9.50 Å². The van der Waals surface area contributed by atoms with Gasteiger partial charge in [-0.25, -0.2) is 4.39 Å². The van der Waals surface area contributed by atoms with Gasteiger partial charge in [0.15, 0.2) is 0 Å². The molecule has 1 aliphatic carbocycles. The van der Waals surface area contributed by atoms with Crippen molar-refractivity contribution in [2.45, 2.75) is 32.8 Å². The molecule has 116 valence electrons. The van der Waals surface area contributed by atoms with Crippen LogP contribution in [-0.4, -0.2) is 42.7 Å². The Hall–Kier alpha value is -1.13. The van der Waals surface area contributed by atoms with Gasteiger partial charge in [0, 0.05) is 44.0 Å². The number of aryl methyl sites for hydroxylation is 1. The Bertz CT molecular complexity index is 506. The molecule has 1 saturated carbocycles. The fourth-order valence-corrected chi connectivity index (χ4v) is 3.13. The van der Waals surface area contributed by atoms with E-state index in [1.807, 2.05) is 6.07 Å². The Kier molecular flexibility index (Phi) is 4.18. The molecule has 1 aliphatic heterocycles. The summed E-state index contributed by atoms with van der Waals surface area (Å²) in [6.45, 7) is 8.76. The molecule has 0 amide bonds. The highest BCUT2D eigenvalue weighted by atomic mass is 19.1. The maximum Gasteiger partial charge on any atom is 0.126 e. The summed E-state index contributed by atoms with van der Waals surface area (Å²) in [6, 6.07) is 3.37. The number of hydrogen-bond donors (Lipinski definition) is 1. The zero-order valence-electron chi connectivity index (χ0n) is 13.0. The molecule has 1 aromatic rings. The highest BCUT2D eigenvalue weighted by Crippen LogP contribution is 2.32. The lowest BCUT2D eigenvalue weighted by Gasteiger charge is -2.37. The summed E-state index contributed by atoms with van der Waals surface area (Å²) >= 11 is 0. The first-order valence-corrected chi connectivity index (χ1v) is 8.00. The summed E-state index contributed by atoms with van der Waals surface area (Å²) in [5.74, 6) is 0.694. The Balaban J connectivity index is 1.73. The van der Waals surface area contributed by atoms with Gasteiger partial charge >= 0.3 is 0 Å². The number of nitrogens with zero attached hydrogens (tertiary/aromatic N) is 2. The van der Waals surface area contributed by atoms with E-state index in [2.05, 4.69) is 9.80 Å². The van der Waals surface area contributed by atoms with Crippen LogP contribution in [-0.2, 0) is 0 Å². The van der Waals surface area contributed by atoms with E-state index < -0.39 is 6.10 Å². The summed E-state index contributed by atoms with van der Waals surface area (Å²) in [7, 11) is 0. The molecule has 0 spiro atoms. The van der Waals surface area contributed by atoms with Gasteiger partial charge in [0.2, 0.25) is 0 Å². The number of hydrogen-bond acceptors (Lipinski definition) is 3. The van der Waals surface area contributed by atoms with Crippen molar-refractivity contribution in [3.8, 4) is 0 Å². The molecule has 0 bridgehead atoms. The van der Waals surface area contributed by atoms with Crippen LogP contribution in [0.5, 0.6) is 0 Å². The Labute approximate surface area is 126 Å². The molecular weight excluding hydrogens is 267 g/mol. The van der Waals surface area contributed by atoms with Crippen molar-refractivity contribution in [2.75, 3.05) is 37.6 Å². The molecule has 1 unspecified atom stereocenters. The lowest BCUT2D eigenvalue weighted by atomic mass is 10.0. The fraction of sp³-hybridized carbons (Fsp3) is 0.647. The average molecular weight is 292 g/mol. The fourth-order valence-electron chi connectivity index (χ4n) is 3.13. The van der Waals surface area contributed by atoms with E-state index in [4.69, 9.17) is 0 Å². The van der Waals surface area contributed by atoms with E-state index in [9.17, 15) is 9.50 Å². The monoisotopic (exact) mass is 292 g/mol. The van der Waals surface area contributed by atoms with Crippen molar-refractivity contribution in [1.29, 1.82) is 0 Å². The van der Waals surface area contributed by atoms with Crippen LogP contribution in [0, 0.1) is 18.7 Å². The summed E-state index contributed by atoms with van der Waals surface area (Å²) in [6.07, 6.45) is 2.15. The van der Waals surface area contributed by atoms with E-state index >= 15 is 0 Å². The highest BCUT2D eigenvalue weighted by molar-refractivity contribution is 5.57. The zero-order chi connectivity index (χ0) is 15.0. The zero-order valence-corrected chi connectivity index (χ0v) is 13.0. The van der Waals surface area contributed by atoms with Gasteiger partial charge in [-0.1, -0.05) is 0 Å². The molecule has 2 aliphatic rings. The molecule has 0 aromatic heterocycles. The van der Waals surface area contributed by atoms with Crippen molar-refractivity contribution in [3.63, 3.8) is 0 Å². The molecule has 1 saturated heterocycles. The van der Waals surface area contributed by atoms with Gasteiger partial charge in [0.1, 0.15) is 5.82 Å². The molecule has 4 heteroatoms. The number of piperazine rings is 1. The van der Waals surface area contributed by atoms with Gasteiger partial charge in [-0.2, -0.15) is 0 Å². The summed E-state index contributed by atoms with van der Waals surface area (Å²) in [4.78, 5) is 4.82. The SMILES string of the molecule is Cc1cc(N2CCN(CC3CC3)CC2)c(C(C)O)cc1F. The van der Waals surface area contributed by atoms with Gasteiger partial charge in [0.25, 0.3) is 0 Å². The third kappa shape index (κ3) is 3.38. The third-order valence-corrected chi connectivity index (χ3v) is 4.68. The van der Waals surface area contributed by atoms with Gasteiger partial charge in [-0.05, 0) is 50.3 Å². The lowest BCUT2D eigenvalue weighted by molar-refractivity contribution is 0.198. The second-order valence-corrected chi connectivity index (χ2v) is 6.57. The predicted octanol–water partition coefficient (Wildman–Crippen LogP) is 2.72. The minimum atomic E-state index is -0.639. The van der Waals surface area contributed by atoms with Gasteiger partial charge in [0.05, 0.1) is 6.10 Å². The molecule has 1 heterocycles. The van der Waals surface area contributed by atoms with Gasteiger partial charge < -0.3 is 10.0 Å². The van der Waals surface area contributed by atoms with Crippen LogP contribution in [0.25, 0.3) is 0 Å². The number of rotatable bonds is 4. The molecule has 3 nitrogen and oxygen atoms in total. The topological polar surface area (TPSA) is 26.7 Å². The Morgan fingerprint density at radius 2 is 1.90 bits per heavy atom. The van der Waals surface area contributed by atoms with Crippen LogP contribution < -0.4 is 4.90 Å². The van der Waals surface area contributed by atoms with Crippen molar-refractivity contribution >= 4 is 5.69 Å². The van der Waals surface area contributed by atoms with Crippen molar-refractivity contribution in [3.05, 3.63) is 29.1 Å². The number of aliphatic hydroxyl groups is 1. The molecule has 21 heavy (non-hydrogen) atoms. The number of anilines is 1. The van der Waals surface area contributed by atoms with Crippen LogP contribution in [0.4, 0.5) is 10.1 Å². The average Bonchev–Trinajstić information content (AvgIpc) is 3.26. The molecular formula is C17H25FN2O. The van der Waals surface area contributed by atoms with Crippen LogP contribution >= 0.6 is 0 Å². The first-order valence-electron chi connectivity index (χ1n) is 8.00. The summed E-state index contributed by atoms with van der Waals surface area (Å²) < 4.78 is 13.8. The normalized spacial score (nSPS) is 21.6. The van der Waals surface area contributed by atoms with E-state index in [0.29, 0.717) is 11.1 Å². The lowest BCUT2D eigenvalue weighted by Crippen LogP contribution is -2.47. The number of halogens is 1. The quantitative estimate of drug-likeness (QED) is 0.924. The van der Waals surface area contributed by atoms with E-state index in [-0.39, 0.29) is 5.82 Å². The predicted molar refractivity (Wildman–Crippen MR) is 83.1 cm³/mol. The van der Waals surface area contributed by atoms with Crippen LogP contribution in [0.2, 0.25) is 0 Å². The first kappa shape index (κ1) is 14.8. The van der Waals surface area contributed by atoms with E-state index in [1.54, 1.807) is 13.8 Å². The van der Waals surface area contributed by atoms with Gasteiger partial charge in [-0.15, -0.1) is 0 Å². The smallest absolute Gasteiger partial charge is 0.126 e. The second kappa shape index (κ2) is 5.93. The van der Waals surface area contributed by atoms with Crippen molar-refractivity contribution in [2.24, 2.45) is 5.92 Å². The van der Waals surface area contributed by atoms with Crippen molar-refractivity contribution in [1.82, 2.24) is 4.90 Å². The van der Waals surface area contributed by atoms with Crippen LogP contribution in [0.1, 0.15) is 37.0 Å². The van der Waals surface area contributed by atoms with Crippen LogP contribution in [0.3, 0.4) is 0 Å². The van der Waals surface area contributed by atoms with E-state index in [0.717, 1.165) is 37.8 Å². The maximum atomic E-state index is 13.8. The highest BCUT2D eigenvalue weighted by Gasteiger charge is 2.27. The number of aliphatic hydroxyl groups excluding tert-OH is 1. The molecule has 2 fully saturated rings. The molecule has 1 N–H and O–H groups in total. The third-order valence-electron chi connectivity index (χ3n) is 4.68. The standard InChI is InChI=1S/C17H25FN2O/c1-12-9-17(15(13(2)21)10-16(12)18)20-7-5-19(6-8-20)11-14-3-4-14/h9-10,13-14,21H,3-8,11H2,1-2H3. The molecule has 1 atom stereocenters. The second-order valence-electron chi connectivity index (χ2n) is 6.57. The van der Waals surface area contributed by atoms with E-state index in [1.165, 1.54) is 25.5 Å². The molecule has 3 rings (SSSR count). The Morgan fingerprint density at radius 1 is 1.24 bits per heavy atom. The maximum absolute atomic E-state index is 13.8. The summed E-state index contributed by atoms with van der Waals surface area (Å²) in [5, 5.41) is 9.93. The first-order chi connectivity index (χ1) is 10.0. The minimum absolute atomic E-state index is 0.234. The minimum Gasteiger partial charge on any atom is -0.389 e. The molecule has 0 radical (unpaired) electrons. The van der Waals surface area contributed by atoms with Crippen LogP contribution in [0.15, 0.2) is 12.1 Å². The van der Waals surface area contributed by atoms with Gasteiger partial charge in [-0.3, -0.25) is 4.90 Å². The summed E-state index contributed by atoms with van der Waals surface area (Å²) in [5.41, 5.74) is 2.35.